The van der Waals surface area contributed by atoms with Crippen LogP contribution in [0.2, 0.25) is 0 Å². The zero-order valence-electron chi connectivity index (χ0n) is 16.3. The van der Waals surface area contributed by atoms with Crippen LogP contribution in [-0.4, -0.2) is 63.0 Å². The maximum atomic E-state index is 12.9. The van der Waals surface area contributed by atoms with Crippen LogP contribution in [0.3, 0.4) is 0 Å². The highest BCUT2D eigenvalue weighted by atomic mass is 16.2. The van der Waals surface area contributed by atoms with Crippen LogP contribution in [0.1, 0.15) is 27.6 Å². The lowest BCUT2D eigenvalue weighted by Crippen LogP contribution is -2.56. The number of carbonyl (C=O) groups is 3. The highest BCUT2D eigenvalue weighted by Gasteiger charge is 2.34. The van der Waals surface area contributed by atoms with E-state index in [1.54, 1.807) is 23.1 Å². The van der Waals surface area contributed by atoms with Crippen molar-refractivity contribution in [2.75, 3.05) is 19.6 Å². The predicted octanol–water partition coefficient (Wildman–Crippen LogP) is 2.67. The second-order valence-corrected chi connectivity index (χ2v) is 7.17. The van der Waals surface area contributed by atoms with Gasteiger partial charge in [0.25, 0.3) is 23.4 Å². The first-order chi connectivity index (χ1) is 14.5. The second kappa shape index (κ2) is 7.79. The third-order valence-electron chi connectivity index (χ3n) is 5.27. The molecule has 0 spiro atoms. The number of hydrogen-bond donors (Lipinski definition) is 1. The van der Waals surface area contributed by atoms with Gasteiger partial charge in [0.1, 0.15) is 0 Å². The maximum absolute atomic E-state index is 12.9. The Balaban J connectivity index is 1.49. The summed E-state index contributed by atoms with van der Waals surface area (Å²) in [4.78, 5) is 51.9. The number of rotatable bonds is 3. The molecule has 0 saturated carbocycles. The number of piperazine rings is 1. The van der Waals surface area contributed by atoms with Crippen molar-refractivity contribution < 1.29 is 14.4 Å². The minimum Gasteiger partial charge on any atom is -0.361 e. The fraction of sp³-hybridized carbons (Fsp3) is 0.227. The molecule has 1 aliphatic rings. The second-order valence-electron chi connectivity index (χ2n) is 7.17. The van der Waals surface area contributed by atoms with Crippen LogP contribution in [0.15, 0.2) is 48.7 Å². The highest BCUT2D eigenvalue weighted by molar-refractivity contribution is 6.44. The first-order valence-corrected chi connectivity index (χ1v) is 9.55. The number of fused-ring (bicyclic) bond motifs is 1. The molecule has 0 aliphatic carbocycles. The zero-order chi connectivity index (χ0) is 21.3. The average Bonchev–Trinajstić information content (AvgIpc) is 3.21. The summed E-state index contributed by atoms with van der Waals surface area (Å²) in [6.45, 7) is 9.86. The molecule has 150 valence electrons. The number of nitrogens with zero attached hydrogens (tertiary/aromatic N) is 4. The number of ketones is 1. The van der Waals surface area contributed by atoms with Crippen LogP contribution < -0.4 is 0 Å². The van der Waals surface area contributed by atoms with E-state index in [0.29, 0.717) is 29.7 Å². The molecular formula is C22H19N5O3. The van der Waals surface area contributed by atoms with Gasteiger partial charge in [0.15, 0.2) is 0 Å². The van der Waals surface area contributed by atoms with Crippen LogP contribution in [0.5, 0.6) is 0 Å². The zero-order valence-corrected chi connectivity index (χ0v) is 16.3. The molecule has 1 saturated heterocycles. The SMILES string of the molecule is [C-]#[N+]c1ccc2c(C(=O)C(=O)N3CCN(C(=O)c4ccccc4)CC3C)c[nH]c2n1. The molecule has 1 unspecified atom stereocenters. The fourth-order valence-corrected chi connectivity index (χ4v) is 3.70. The lowest BCUT2D eigenvalue weighted by molar-refractivity contribution is -0.130. The van der Waals surface area contributed by atoms with Crippen molar-refractivity contribution in [1.29, 1.82) is 0 Å². The molecule has 2 amide bonds. The Morgan fingerprint density at radius 3 is 2.60 bits per heavy atom. The lowest BCUT2D eigenvalue weighted by atomic mass is 10.1. The van der Waals surface area contributed by atoms with Crippen LogP contribution >= 0.6 is 0 Å². The minimum atomic E-state index is -0.631. The number of Topliss-reactive ketones (excluding diaryl/α,β-unsaturated/α-hetero) is 1. The summed E-state index contributed by atoms with van der Waals surface area (Å²) in [6.07, 6.45) is 1.45. The predicted molar refractivity (Wildman–Crippen MR) is 110 cm³/mol. The van der Waals surface area contributed by atoms with E-state index in [1.165, 1.54) is 17.2 Å². The summed E-state index contributed by atoms with van der Waals surface area (Å²) >= 11 is 0. The van der Waals surface area contributed by atoms with E-state index in [1.807, 2.05) is 25.1 Å². The maximum Gasteiger partial charge on any atom is 0.295 e. The van der Waals surface area contributed by atoms with Crippen molar-refractivity contribution in [2.45, 2.75) is 13.0 Å². The lowest BCUT2D eigenvalue weighted by Gasteiger charge is -2.39. The Kier molecular flexibility index (Phi) is 5.02. The molecule has 1 aliphatic heterocycles. The number of aromatic nitrogens is 2. The van der Waals surface area contributed by atoms with Gasteiger partial charge in [-0.1, -0.05) is 30.8 Å². The summed E-state index contributed by atoms with van der Waals surface area (Å²) < 4.78 is 0. The van der Waals surface area contributed by atoms with Crippen molar-refractivity contribution >= 4 is 34.4 Å². The van der Waals surface area contributed by atoms with Crippen LogP contribution in [0, 0.1) is 6.57 Å². The Bertz CT molecular complexity index is 1180. The van der Waals surface area contributed by atoms with E-state index < -0.39 is 11.7 Å². The molecule has 1 aromatic carbocycles. The van der Waals surface area contributed by atoms with Crippen molar-refractivity contribution in [3.63, 3.8) is 0 Å². The number of pyridine rings is 1. The Labute approximate surface area is 172 Å². The van der Waals surface area contributed by atoms with Gasteiger partial charge >= 0.3 is 0 Å². The van der Waals surface area contributed by atoms with Crippen LogP contribution in [0.25, 0.3) is 15.9 Å². The average molecular weight is 401 g/mol. The molecule has 0 bridgehead atoms. The molecule has 4 rings (SSSR count). The highest BCUT2D eigenvalue weighted by Crippen LogP contribution is 2.22. The van der Waals surface area contributed by atoms with E-state index >= 15 is 0 Å². The topological polar surface area (TPSA) is 90.7 Å². The Hall–Kier alpha value is -3.99. The number of H-pyrrole nitrogens is 1. The van der Waals surface area contributed by atoms with Crippen molar-refractivity contribution in [3.05, 3.63) is 71.2 Å². The number of nitrogens with one attached hydrogen (secondary N) is 1. The van der Waals surface area contributed by atoms with Gasteiger partial charge in [-0.2, -0.15) is 0 Å². The molecule has 2 aromatic heterocycles. The molecule has 8 heteroatoms. The number of amides is 2. The van der Waals surface area contributed by atoms with Crippen molar-refractivity contribution in [3.8, 4) is 0 Å². The summed E-state index contributed by atoms with van der Waals surface area (Å²) in [5, 5.41) is 0.506. The van der Waals surface area contributed by atoms with E-state index in [4.69, 9.17) is 6.57 Å². The van der Waals surface area contributed by atoms with Gasteiger partial charge in [-0.25, -0.2) is 0 Å². The summed E-state index contributed by atoms with van der Waals surface area (Å²) in [7, 11) is 0. The quantitative estimate of drug-likeness (QED) is 0.415. The van der Waals surface area contributed by atoms with Gasteiger partial charge in [-0.15, -0.1) is 4.98 Å². The number of hydrogen-bond acceptors (Lipinski definition) is 4. The van der Waals surface area contributed by atoms with E-state index in [-0.39, 0.29) is 29.9 Å². The van der Waals surface area contributed by atoms with Crippen LogP contribution in [0.4, 0.5) is 5.82 Å². The molecule has 8 nitrogen and oxygen atoms in total. The first kappa shape index (κ1) is 19.3. The number of carbonyl (C=O) groups excluding carboxylic acids is 3. The molecule has 1 atom stereocenters. The van der Waals surface area contributed by atoms with Crippen molar-refractivity contribution in [1.82, 2.24) is 19.8 Å². The third kappa shape index (κ3) is 3.42. The third-order valence-corrected chi connectivity index (χ3v) is 5.27. The van der Waals surface area contributed by atoms with Gasteiger partial charge in [0.05, 0.1) is 10.9 Å². The van der Waals surface area contributed by atoms with E-state index in [2.05, 4.69) is 14.8 Å². The molecule has 3 aromatic rings. The molecule has 1 fully saturated rings. The standard InChI is InChI=1S/C22H19N5O3/c1-14-13-26(21(29)15-6-4-3-5-7-15)10-11-27(14)22(30)19(28)17-12-24-20-16(17)8-9-18(23-2)25-20/h3-9,12,14H,10-11,13H2,1H3,(H,24,25). The van der Waals surface area contributed by atoms with Gasteiger partial charge in [-0.05, 0) is 25.1 Å². The summed E-state index contributed by atoms with van der Waals surface area (Å²) in [5.74, 6) is -1.11. The molecule has 3 heterocycles. The monoisotopic (exact) mass is 401 g/mol. The largest absolute Gasteiger partial charge is 0.361 e. The van der Waals surface area contributed by atoms with Gasteiger partial charge in [-0.3, -0.25) is 14.4 Å². The number of aromatic amines is 1. The molecule has 0 radical (unpaired) electrons. The smallest absolute Gasteiger partial charge is 0.295 e. The number of benzene rings is 1. The molecule has 30 heavy (non-hydrogen) atoms. The summed E-state index contributed by atoms with van der Waals surface area (Å²) in [6, 6.07) is 11.8. The minimum absolute atomic E-state index is 0.0841. The van der Waals surface area contributed by atoms with Crippen LogP contribution in [-0.2, 0) is 4.79 Å². The van der Waals surface area contributed by atoms with Crippen molar-refractivity contribution in [2.24, 2.45) is 0 Å². The van der Waals surface area contributed by atoms with E-state index in [9.17, 15) is 14.4 Å². The molecule has 1 N–H and O–H groups in total. The van der Waals surface area contributed by atoms with Gasteiger partial charge in [0.2, 0.25) is 5.65 Å². The fourth-order valence-electron chi connectivity index (χ4n) is 3.70. The molecular weight excluding hydrogens is 382 g/mol. The normalized spacial score (nSPS) is 16.3. The van der Waals surface area contributed by atoms with E-state index in [0.717, 1.165) is 0 Å². The van der Waals surface area contributed by atoms with Gasteiger partial charge in [0, 0.05) is 37.4 Å². The first-order valence-electron chi connectivity index (χ1n) is 9.55. The summed E-state index contributed by atoms with van der Waals surface area (Å²) in [5.41, 5.74) is 1.23. The van der Waals surface area contributed by atoms with Gasteiger partial charge < -0.3 is 19.6 Å². The Morgan fingerprint density at radius 2 is 1.90 bits per heavy atom. The Morgan fingerprint density at radius 1 is 1.13 bits per heavy atom.